The number of hydrogen-bond donors (Lipinski definition) is 1. The molecular formula is C30H28N2O3. The number of aromatic nitrogens is 1. The van der Waals surface area contributed by atoms with Crippen LogP contribution in [0.3, 0.4) is 0 Å². The van der Waals surface area contributed by atoms with Crippen molar-refractivity contribution >= 4 is 5.91 Å². The second-order valence-corrected chi connectivity index (χ2v) is 9.47. The zero-order valence-corrected chi connectivity index (χ0v) is 19.8. The van der Waals surface area contributed by atoms with Gasteiger partial charge in [0.05, 0.1) is 5.69 Å². The van der Waals surface area contributed by atoms with Crippen LogP contribution in [0.1, 0.15) is 40.5 Å². The second-order valence-electron chi connectivity index (χ2n) is 9.47. The fraction of sp³-hybridized carbons (Fsp3) is 0.233. The fourth-order valence-corrected chi connectivity index (χ4v) is 5.13. The zero-order chi connectivity index (χ0) is 23.8. The topological polar surface area (TPSA) is 52.5 Å². The lowest BCUT2D eigenvalue weighted by Gasteiger charge is -2.21. The van der Waals surface area contributed by atoms with E-state index in [1.54, 1.807) is 0 Å². The standard InChI is InChI=1S/C30H28N2O3/c1-20-7-13-26-24(15-20)17-27(22-5-3-2-4-6-22)32(26)25-11-9-23(10-12-25)30(33)31-18-21-8-14-28-29(16-21)35-19-34-28/h2-6,8-12,14,16-17,20H,7,13,15,18-19H2,1H3,(H,31,33). The van der Waals surface area contributed by atoms with Gasteiger partial charge in [-0.15, -0.1) is 0 Å². The Morgan fingerprint density at radius 1 is 0.971 bits per heavy atom. The van der Waals surface area contributed by atoms with Crippen LogP contribution in [0.5, 0.6) is 11.5 Å². The lowest BCUT2D eigenvalue weighted by molar-refractivity contribution is 0.0951. The van der Waals surface area contributed by atoms with Gasteiger partial charge < -0.3 is 19.4 Å². The number of carbonyl (C=O) groups is 1. The molecule has 0 fully saturated rings. The highest BCUT2D eigenvalue weighted by molar-refractivity contribution is 5.94. The first-order valence-corrected chi connectivity index (χ1v) is 12.2. The third-order valence-corrected chi connectivity index (χ3v) is 6.98. The van der Waals surface area contributed by atoms with Crippen LogP contribution < -0.4 is 14.8 Å². The van der Waals surface area contributed by atoms with Gasteiger partial charge in [-0.3, -0.25) is 4.79 Å². The van der Waals surface area contributed by atoms with Crippen molar-refractivity contribution in [3.05, 3.63) is 101 Å². The molecule has 3 aromatic carbocycles. The molecule has 0 radical (unpaired) electrons. The summed E-state index contributed by atoms with van der Waals surface area (Å²) < 4.78 is 13.2. The molecule has 1 N–H and O–H groups in total. The number of benzene rings is 3. The molecule has 0 spiro atoms. The lowest BCUT2D eigenvalue weighted by Crippen LogP contribution is -2.22. The summed E-state index contributed by atoms with van der Waals surface area (Å²) in [5.41, 5.74) is 7.96. The third kappa shape index (κ3) is 4.18. The molecule has 4 aromatic rings. The molecule has 1 aliphatic carbocycles. The van der Waals surface area contributed by atoms with Gasteiger partial charge in [0.25, 0.3) is 5.91 Å². The van der Waals surface area contributed by atoms with Gasteiger partial charge in [-0.05, 0) is 84.3 Å². The minimum Gasteiger partial charge on any atom is -0.454 e. The number of nitrogens with one attached hydrogen (secondary N) is 1. The number of nitrogens with zero attached hydrogens (tertiary/aromatic N) is 1. The molecule has 1 aromatic heterocycles. The highest BCUT2D eigenvalue weighted by atomic mass is 16.7. The van der Waals surface area contributed by atoms with Crippen molar-refractivity contribution in [2.24, 2.45) is 5.92 Å². The van der Waals surface area contributed by atoms with Crippen LogP contribution in [0.15, 0.2) is 78.9 Å². The lowest BCUT2D eigenvalue weighted by atomic mass is 9.89. The Bertz CT molecular complexity index is 1370. The van der Waals surface area contributed by atoms with Crippen LogP contribution in [0.25, 0.3) is 16.9 Å². The van der Waals surface area contributed by atoms with Gasteiger partial charge in [0.2, 0.25) is 6.79 Å². The van der Waals surface area contributed by atoms with Crippen molar-refractivity contribution in [2.45, 2.75) is 32.7 Å². The third-order valence-electron chi connectivity index (χ3n) is 6.98. The van der Waals surface area contributed by atoms with Crippen molar-refractivity contribution in [1.29, 1.82) is 0 Å². The van der Waals surface area contributed by atoms with Gasteiger partial charge in [0.15, 0.2) is 11.5 Å². The summed E-state index contributed by atoms with van der Waals surface area (Å²) in [7, 11) is 0. The molecule has 6 rings (SSSR count). The monoisotopic (exact) mass is 464 g/mol. The summed E-state index contributed by atoms with van der Waals surface area (Å²) >= 11 is 0. The van der Waals surface area contributed by atoms with Crippen LogP contribution in [0, 0.1) is 5.92 Å². The first-order chi connectivity index (χ1) is 17.2. The van der Waals surface area contributed by atoms with E-state index in [4.69, 9.17) is 9.47 Å². The number of rotatable bonds is 5. The van der Waals surface area contributed by atoms with E-state index in [1.807, 2.05) is 30.3 Å². The Labute approximate surface area is 205 Å². The molecule has 0 saturated heterocycles. The van der Waals surface area contributed by atoms with Gasteiger partial charge in [0, 0.05) is 23.5 Å². The first kappa shape index (κ1) is 21.5. The summed E-state index contributed by atoms with van der Waals surface area (Å²) in [6.45, 7) is 3.01. The Balaban J connectivity index is 1.24. The fourth-order valence-electron chi connectivity index (χ4n) is 5.13. The van der Waals surface area contributed by atoms with Gasteiger partial charge in [-0.1, -0.05) is 43.3 Å². The summed E-state index contributed by atoms with van der Waals surface area (Å²) in [4.78, 5) is 12.8. The van der Waals surface area contributed by atoms with E-state index >= 15 is 0 Å². The van der Waals surface area contributed by atoms with Crippen LogP contribution >= 0.6 is 0 Å². The van der Waals surface area contributed by atoms with E-state index in [0.717, 1.165) is 35.6 Å². The quantitative estimate of drug-likeness (QED) is 0.398. The highest BCUT2D eigenvalue weighted by Gasteiger charge is 2.23. The van der Waals surface area contributed by atoms with E-state index in [0.29, 0.717) is 18.0 Å². The van der Waals surface area contributed by atoms with Crippen molar-refractivity contribution in [3.8, 4) is 28.4 Å². The molecule has 1 aliphatic heterocycles. The van der Waals surface area contributed by atoms with Gasteiger partial charge in [-0.2, -0.15) is 0 Å². The van der Waals surface area contributed by atoms with Crippen molar-refractivity contribution in [3.63, 3.8) is 0 Å². The highest BCUT2D eigenvalue weighted by Crippen LogP contribution is 2.35. The molecule has 1 unspecified atom stereocenters. The van der Waals surface area contributed by atoms with Gasteiger partial charge in [-0.25, -0.2) is 0 Å². The number of fused-ring (bicyclic) bond motifs is 2. The maximum atomic E-state index is 12.8. The molecule has 0 bridgehead atoms. The second kappa shape index (κ2) is 8.99. The number of hydrogen-bond acceptors (Lipinski definition) is 3. The van der Waals surface area contributed by atoms with E-state index in [-0.39, 0.29) is 12.7 Å². The van der Waals surface area contributed by atoms with Crippen LogP contribution in [0.4, 0.5) is 0 Å². The summed E-state index contributed by atoms with van der Waals surface area (Å²) in [6, 6.07) is 26.6. The minimum absolute atomic E-state index is 0.0964. The molecule has 1 atom stereocenters. The van der Waals surface area contributed by atoms with Crippen molar-refractivity contribution < 1.29 is 14.3 Å². The van der Waals surface area contributed by atoms with Crippen LogP contribution in [-0.2, 0) is 19.4 Å². The predicted octanol–water partition coefficient (Wildman–Crippen LogP) is 5.93. The van der Waals surface area contributed by atoms with Gasteiger partial charge >= 0.3 is 0 Å². The van der Waals surface area contributed by atoms with E-state index in [9.17, 15) is 4.79 Å². The van der Waals surface area contributed by atoms with E-state index in [2.05, 4.69) is 65.3 Å². The van der Waals surface area contributed by atoms with Gasteiger partial charge in [0.1, 0.15) is 0 Å². The first-order valence-electron chi connectivity index (χ1n) is 12.2. The molecule has 35 heavy (non-hydrogen) atoms. The number of carbonyl (C=O) groups excluding carboxylic acids is 1. The summed E-state index contributed by atoms with van der Waals surface area (Å²) in [5, 5.41) is 3.01. The maximum Gasteiger partial charge on any atom is 0.251 e. The maximum absolute atomic E-state index is 12.8. The molecule has 1 amide bonds. The van der Waals surface area contributed by atoms with Crippen LogP contribution in [0.2, 0.25) is 0 Å². The molecule has 5 nitrogen and oxygen atoms in total. The Morgan fingerprint density at radius 2 is 1.77 bits per heavy atom. The average molecular weight is 465 g/mol. The molecular weight excluding hydrogens is 436 g/mol. The molecule has 2 aliphatic rings. The van der Waals surface area contributed by atoms with Crippen molar-refractivity contribution in [1.82, 2.24) is 9.88 Å². The number of ether oxygens (including phenoxy) is 2. The SMILES string of the molecule is CC1CCc2c(cc(-c3ccccc3)n2-c2ccc(C(=O)NCc3ccc4c(c3)OCO4)cc2)C1. The van der Waals surface area contributed by atoms with E-state index < -0.39 is 0 Å². The molecule has 176 valence electrons. The molecule has 5 heteroatoms. The summed E-state index contributed by atoms with van der Waals surface area (Å²) in [5.74, 6) is 2.07. The Kier molecular flexibility index (Phi) is 5.53. The zero-order valence-electron chi connectivity index (χ0n) is 19.8. The molecule has 2 heterocycles. The van der Waals surface area contributed by atoms with Crippen LogP contribution in [-0.4, -0.2) is 17.3 Å². The van der Waals surface area contributed by atoms with Crippen molar-refractivity contribution in [2.75, 3.05) is 6.79 Å². The molecule has 0 saturated carbocycles. The average Bonchev–Trinajstić information content (AvgIpc) is 3.52. The normalized spacial score (nSPS) is 16.1. The minimum atomic E-state index is -0.0964. The smallest absolute Gasteiger partial charge is 0.251 e. The predicted molar refractivity (Wildman–Crippen MR) is 136 cm³/mol. The Morgan fingerprint density at radius 3 is 2.60 bits per heavy atom. The Hall–Kier alpha value is -3.99. The van der Waals surface area contributed by atoms with E-state index in [1.165, 1.54) is 28.9 Å². The summed E-state index contributed by atoms with van der Waals surface area (Å²) in [6.07, 6.45) is 3.38. The largest absolute Gasteiger partial charge is 0.454 e. The number of amides is 1.